The van der Waals surface area contributed by atoms with Gasteiger partial charge in [0, 0.05) is 0 Å². The molecular formula is C14H18N2O10. The van der Waals surface area contributed by atoms with Crippen molar-refractivity contribution in [3.63, 3.8) is 0 Å². The highest BCUT2D eigenvalue weighted by atomic mass is 16.5. The first-order valence-corrected chi connectivity index (χ1v) is 7.30. The highest BCUT2D eigenvalue weighted by Crippen LogP contribution is 2.23. The van der Waals surface area contributed by atoms with Crippen molar-refractivity contribution in [1.29, 1.82) is 0 Å². The first-order chi connectivity index (χ1) is 12.1. The standard InChI is InChI=1S/C14H18N2O10/c1-25-11(21)3-7-13(23)16(6-10(19)20)8(4-12(22)26-2)14(24)15(7)5-9(17)18/h7-8H,3-6H2,1-2H3,(H,17,18)(H,19,20)/t7-,8-/m0/s1. The molecule has 2 atom stereocenters. The maximum atomic E-state index is 12.6. The number of carboxylic acids is 2. The van der Waals surface area contributed by atoms with Gasteiger partial charge in [-0.05, 0) is 0 Å². The molecular weight excluding hydrogens is 356 g/mol. The van der Waals surface area contributed by atoms with Crippen molar-refractivity contribution in [2.24, 2.45) is 0 Å². The smallest absolute Gasteiger partial charge is 0.323 e. The molecule has 1 rings (SSSR count). The fourth-order valence-corrected chi connectivity index (χ4v) is 2.50. The Morgan fingerprint density at radius 3 is 1.35 bits per heavy atom. The van der Waals surface area contributed by atoms with Gasteiger partial charge in [-0.25, -0.2) is 0 Å². The summed E-state index contributed by atoms with van der Waals surface area (Å²) in [6, 6.07) is -3.11. The summed E-state index contributed by atoms with van der Waals surface area (Å²) < 4.78 is 8.86. The van der Waals surface area contributed by atoms with Crippen LogP contribution in [0.4, 0.5) is 0 Å². The van der Waals surface area contributed by atoms with E-state index in [1.165, 1.54) is 0 Å². The molecule has 0 aromatic carbocycles. The summed E-state index contributed by atoms with van der Waals surface area (Å²) in [5.74, 6) is -6.66. The van der Waals surface area contributed by atoms with Gasteiger partial charge in [0.25, 0.3) is 0 Å². The van der Waals surface area contributed by atoms with Gasteiger partial charge in [-0.3, -0.25) is 28.8 Å². The molecule has 0 radical (unpaired) electrons. The van der Waals surface area contributed by atoms with Gasteiger partial charge in [-0.15, -0.1) is 0 Å². The molecule has 0 aromatic heterocycles. The Morgan fingerprint density at radius 2 is 1.12 bits per heavy atom. The normalized spacial score (nSPS) is 19.9. The van der Waals surface area contributed by atoms with E-state index < -0.39 is 73.7 Å². The van der Waals surface area contributed by atoms with E-state index in [0.29, 0.717) is 9.80 Å². The first kappa shape index (κ1) is 20.9. The number of hydrogen-bond acceptors (Lipinski definition) is 8. The summed E-state index contributed by atoms with van der Waals surface area (Å²) in [4.78, 5) is 71.7. The van der Waals surface area contributed by atoms with Crippen LogP contribution in [0.5, 0.6) is 0 Å². The predicted molar refractivity (Wildman–Crippen MR) is 79.5 cm³/mol. The average molecular weight is 374 g/mol. The molecule has 1 saturated heterocycles. The fraction of sp³-hybridized carbons (Fsp3) is 0.571. The Bertz CT molecular complexity index is 577. The zero-order valence-corrected chi connectivity index (χ0v) is 14.0. The molecule has 26 heavy (non-hydrogen) atoms. The monoisotopic (exact) mass is 374 g/mol. The van der Waals surface area contributed by atoms with Crippen molar-refractivity contribution in [2.75, 3.05) is 27.3 Å². The third-order valence-corrected chi connectivity index (χ3v) is 3.68. The molecule has 0 spiro atoms. The van der Waals surface area contributed by atoms with E-state index in [4.69, 9.17) is 10.2 Å². The number of methoxy groups -OCH3 is 2. The second kappa shape index (κ2) is 8.78. The number of amides is 2. The predicted octanol–water partition coefficient (Wildman–Crippen LogP) is -2.31. The third-order valence-electron chi connectivity index (χ3n) is 3.68. The lowest BCUT2D eigenvalue weighted by Crippen LogP contribution is -2.66. The summed E-state index contributed by atoms with van der Waals surface area (Å²) in [5.41, 5.74) is 0. The maximum absolute atomic E-state index is 12.6. The summed E-state index contributed by atoms with van der Waals surface area (Å²) >= 11 is 0. The van der Waals surface area contributed by atoms with Gasteiger partial charge in [0.2, 0.25) is 11.8 Å². The molecule has 0 bridgehead atoms. The zero-order valence-electron chi connectivity index (χ0n) is 14.0. The van der Waals surface area contributed by atoms with Gasteiger partial charge in [-0.2, -0.15) is 0 Å². The lowest BCUT2D eigenvalue weighted by molar-refractivity contribution is -0.171. The Hall–Kier alpha value is -3.18. The van der Waals surface area contributed by atoms with Crippen LogP contribution in [-0.2, 0) is 38.2 Å². The number of carbonyl (C=O) groups is 6. The van der Waals surface area contributed by atoms with Gasteiger partial charge in [0.05, 0.1) is 27.1 Å². The molecule has 1 aliphatic rings. The number of carbonyl (C=O) groups excluding carboxylic acids is 4. The van der Waals surface area contributed by atoms with Crippen LogP contribution in [-0.4, -0.2) is 95.1 Å². The number of aliphatic carboxylic acids is 2. The maximum Gasteiger partial charge on any atom is 0.323 e. The van der Waals surface area contributed by atoms with Gasteiger partial charge >= 0.3 is 23.9 Å². The van der Waals surface area contributed by atoms with Gasteiger partial charge in [0.1, 0.15) is 25.2 Å². The summed E-state index contributed by atoms with van der Waals surface area (Å²) in [6.07, 6.45) is -1.31. The molecule has 12 nitrogen and oxygen atoms in total. The largest absolute Gasteiger partial charge is 0.480 e. The molecule has 0 saturated carbocycles. The minimum Gasteiger partial charge on any atom is -0.480 e. The van der Waals surface area contributed by atoms with E-state index in [2.05, 4.69) is 9.47 Å². The van der Waals surface area contributed by atoms with Gasteiger partial charge in [0.15, 0.2) is 0 Å². The van der Waals surface area contributed by atoms with Crippen LogP contribution >= 0.6 is 0 Å². The Kier molecular flexibility index (Phi) is 7.05. The van der Waals surface area contributed by atoms with E-state index in [0.717, 1.165) is 14.2 Å². The van der Waals surface area contributed by atoms with Crippen molar-refractivity contribution in [3.8, 4) is 0 Å². The van der Waals surface area contributed by atoms with Crippen molar-refractivity contribution >= 4 is 35.7 Å². The van der Waals surface area contributed by atoms with Crippen LogP contribution in [0.15, 0.2) is 0 Å². The van der Waals surface area contributed by atoms with Crippen molar-refractivity contribution < 1.29 is 48.5 Å². The molecule has 1 aliphatic heterocycles. The van der Waals surface area contributed by atoms with E-state index in [9.17, 15) is 28.8 Å². The minimum absolute atomic E-state index is 0.619. The molecule has 2 amide bonds. The Morgan fingerprint density at radius 1 is 0.808 bits per heavy atom. The molecule has 2 N–H and O–H groups in total. The first-order valence-electron chi connectivity index (χ1n) is 7.30. The summed E-state index contributed by atoms with van der Waals surface area (Å²) in [7, 11) is 2.07. The molecule has 0 aliphatic carbocycles. The van der Waals surface area contributed by atoms with Crippen molar-refractivity contribution in [2.45, 2.75) is 24.9 Å². The number of esters is 2. The second-order valence-electron chi connectivity index (χ2n) is 5.31. The van der Waals surface area contributed by atoms with Crippen LogP contribution < -0.4 is 0 Å². The minimum atomic E-state index is -1.56. The molecule has 12 heteroatoms. The lowest BCUT2D eigenvalue weighted by Gasteiger charge is -2.43. The zero-order chi connectivity index (χ0) is 20.0. The van der Waals surface area contributed by atoms with E-state index in [-0.39, 0.29) is 0 Å². The highest BCUT2D eigenvalue weighted by Gasteiger charge is 2.48. The molecule has 0 unspecified atom stereocenters. The SMILES string of the molecule is COC(=O)C[C@H]1C(=O)N(CC(=O)O)[C@@H](CC(=O)OC)C(=O)N1CC(=O)O. The number of rotatable bonds is 8. The number of piperazine rings is 1. The summed E-state index contributed by atoms with van der Waals surface area (Å²) in [5, 5.41) is 18.0. The van der Waals surface area contributed by atoms with Crippen LogP contribution in [0.3, 0.4) is 0 Å². The van der Waals surface area contributed by atoms with E-state index >= 15 is 0 Å². The van der Waals surface area contributed by atoms with Crippen molar-refractivity contribution in [3.05, 3.63) is 0 Å². The number of ether oxygens (including phenoxy) is 2. The number of carboxylic acid groups (broad SMARTS) is 2. The van der Waals surface area contributed by atoms with Crippen LogP contribution in [0.25, 0.3) is 0 Å². The van der Waals surface area contributed by atoms with E-state index in [1.54, 1.807) is 0 Å². The lowest BCUT2D eigenvalue weighted by atomic mass is 9.99. The van der Waals surface area contributed by atoms with Crippen LogP contribution in [0.2, 0.25) is 0 Å². The molecule has 0 aromatic rings. The molecule has 1 fully saturated rings. The second-order valence-corrected chi connectivity index (χ2v) is 5.31. The molecule has 144 valence electrons. The highest BCUT2D eigenvalue weighted by molar-refractivity contribution is 6.02. The van der Waals surface area contributed by atoms with Gasteiger partial charge in [-0.1, -0.05) is 0 Å². The van der Waals surface area contributed by atoms with Gasteiger partial charge < -0.3 is 29.5 Å². The Balaban J connectivity index is 3.30. The number of hydrogen-bond donors (Lipinski definition) is 2. The van der Waals surface area contributed by atoms with Crippen molar-refractivity contribution in [1.82, 2.24) is 9.80 Å². The third kappa shape index (κ3) is 4.91. The van der Waals surface area contributed by atoms with Crippen LogP contribution in [0.1, 0.15) is 12.8 Å². The fourth-order valence-electron chi connectivity index (χ4n) is 2.50. The summed E-state index contributed by atoms with van der Waals surface area (Å²) in [6.45, 7) is -1.82. The van der Waals surface area contributed by atoms with E-state index in [1.807, 2.05) is 0 Å². The topological polar surface area (TPSA) is 168 Å². The van der Waals surface area contributed by atoms with Crippen LogP contribution in [0, 0.1) is 0 Å². The Labute approximate surface area is 147 Å². The average Bonchev–Trinajstić information content (AvgIpc) is 2.57. The number of nitrogens with zero attached hydrogens (tertiary/aromatic N) is 2. The quantitative estimate of drug-likeness (QED) is 0.440. The molecule has 1 heterocycles.